The number of terminal acetylenes is 1. The van der Waals surface area contributed by atoms with Gasteiger partial charge in [-0.2, -0.15) is 0 Å². The number of benzene rings is 1. The van der Waals surface area contributed by atoms with E-state index in [9.17, 15) is 0 Å². The minimum atomic E-state index is 0.381. The van der Waals surface area contributed by atoms with E-state index >= 15 is 0 Å². The van der Waals surface area contributed by atoms with Gasteiger partial charge in [0.05, 0.1) is 0 Å². The molecule has 0 fully saturated rings. The molecule has 1 radical (unpaired) electrons. The lowest BCUT2D eigenvalue weighted by Crippen LogP contribution is -1.96. The van der Waals surface area contributed by atoms with E-state index in [1.165, 1.54) is 0 Å². The summed E-state index contributed by atoms with van der Waals surface area (Å²) in [5.74, 6) is 2.99. The van der Waals surface area contributed by atoms with Crippen molar-refractivity contribution in [1.29, 1.82) is 0 Å². The quantitative estimate of drug-likeness (QED) is 0.682. The summed E-state index contributed by atoms with van der Waals surface area (Å²) >= 11 is 0. The highest BCUT2D eigenvalue weighted by atomic mass is 16.3. The molecule has 1 heteroatoms. The van der Waals surface area contributed by atoms with E-state index in [0.717, 1.165) is 17.7 Å². The van der Waals surface area contributed by atoms with Crippen LogP contribution >= 0.6 is 0 Å². The van der Waals surface area contributed by atoms with Crippen LogP contribution in [-0.4, -0.2) is 5.11 Å². The lowest BCUT2D eigenvalue weighted by molar-refractivity contribution is 0.414. The lowest BCUT2D eigenvalue weighted by Gasteiger charge is -2.10. The molecule has 0 amide bonds. The minimum absolute atomic E-state index is 0.381. The SMILES string of the molecule is C#Cc1c([CH]O)cccc1C(C)C. The number of aliphatic hydroxyl groups excluding tert-OH is 1. The van der Waals surface area contributed by atoms with Gasteiger partial charge in [-0.05, 0) is 17.0 Å². The highest BCUT2D eigenvalue weighted by Gasteiger charge is 2.08. The molecule has 1 nitrogen and oxygen atoms in total. The maximum Gasteiger partial charge on any atom is 0.110 e. The average Bonchev–Trinajstić information content (AvgIpc) is 2.16. The molecule has 0 saturated heterocycles. The largest absolute Gasteiger partial charge is 0.385 e. The van der Waals surface area contributed by atoms with Crippen LogP contribution < -0.4 is 0 Å². The third-order valence-corrected chi connectivity index (χ3v) is 2.03. The summed E-state index contributed by atoms with van der Waals surface area (Å²) in [5.41, 5.74) is 2.61. The van der Waals surface area contributed by atoms with Crippen LogP contribution in [0.3, 0.4) is 0 Å². The van der Waals surface area contributed by atoms with E-state index in [2.05, 4.69) is 19.8 Å². The number of hydrogen-bond donors (Lipinski definition) is 1. The first kappa shape index (κ1) is 9.83. The van der Waals surface area contributed by atoms with Gasteiger partial charge < -0.3 is 5.11 Å². The third-order valence-electron chi connectivity index (χ3n) is 2.03. The maximum atomic E-state index is 8.94. The Morgan fingerprint density at radius 2 is 2.15 bits per heavy atom. The van der Waals surface area contributed by atoms with Crippen molar-refractivity contribution in [3.05, 3.63) is 41.5 Å². The van der Waals surface area contributed by atoms with Crippen molar-refractivity contribution in [2.45, 2.75) is 19.8 Å². The first-order valence-electron chi connectivity index (χ1n) is 4.27. The second-order valence-electron chi connectivity index (χ2n) is 3.24. The van der Waals surface area contributed by atoms with Crippen LogP contribution in [0, 0.1) is 19.0 Å². The van der Waals surface area contributed by atoms with Crippen molar-refractivity contribution in [1.82, 2.24) is 0 Å². The molecular weight excluding hydrogens is 160 g/mol. The summed E-state index contributed by atoms with van der Waals surface area (Å²) in [6, 6.07) is 5.70. The zero-order valence-electron chi connectivity index (χ0n) is 7.91. The molecule has 1 N–H and O–H groups in total. The predicted octanol–water partition coefficient (Wildman–Crippen LogP) is 2.67. The summed E-state index contributed by atoms with van der Waals surface area (Å²) in [5, 5.41) is 8.94. The van der Waals surface area contributed by atoms with Gasteiger partial charge in [-0.1, -0.05) is 38.0 Å². The maximum absolute atomic E-state index is 8.94. The average molecular weight is 173 g/mol. The van der Waals surface area contributed by atoms with Crippen molar-refractivity contribution in [2.24, 2.45) is 0 Å². The van der Waals surface area contributed by atoms with Gasteiger partial charge in [-0.25, -0.2) is 0 Å². The van der Waals surface area contributed by atoms with E-state index in [4.69, 9.17) is 11.5 Å². The summed E-state index contributed by atoms with van der Waals surface area (Å²) in [6.07, 6.45) is 5.38. The van der Waals surface area contributed by atoms with Crippen LogP contribution in [-0.2, 0) is 0 Å². The Morgan fingerprint density at radius 1 is 1.46 bits per heavy atom. The Kier molecular flexibility index (Phi) is 3.11. The van der Waals surface area contributed by atoms with Crippen LogP contribution in [0.2, 0.25) is 0 Å². The molecular formula is C12H13O. The first-order valence-corrected chi connectivity index (χ1v) is 4.27. The van der Waals surface area contributed by atoms with E-state index in [1.54, 1.807) is 6.07 Å². The van der Waals surface area contributed by atoms with Gasteiger partial charge in [0.15, 0.2) is 0 Å². The Hall–Kier alpha value is -1.26. The highest BCUT2D eigenvalue weighted by Crippen LogP contribution is 2.22. The molecule has 1 rings (SSSR count). The van der Waals surface area contributed by atoms with Crippen LogP contribution in [0.1, 0.15) is 36.5 Å². The Morgan fingerprint density at radius 3 is 2.62 bits per heavy atom. The van der Waals surface area contributed by atoms with Gasteiger partial charge in [0.2, 0.25) is 0 Å². The summed E-state index contributed by atoms with van der Waals surface area (Å²) in [4.78, 5) is 0. The Balaban J connectivity index is 3.29. The van der Waals surface area contributed by atoms with Gasteiger partial charge in [-0.3, -0.25) is 0 Å². The molecule has 0 unspecified atom stereocenters. The fourth-order valence-corrected chi connectivity index (χ4v) is 1.34. The van der Waals surface area contributed by atoms with Crippen molar-refractivity contribution in [3.63, 3.8) is 0 Å². The second-order valence-corrected chi connectivity index (χ2v) is 3.24. The zero-order chi connectivity index (χ0) is 9.84. The molecule has 0 aliphatic heterocycles. The van der Waals surface area contributed by atoms with Crippen molar-refractivity contribution >= 4 is 0 Å². The number of aliphatic hydroxyl groups is 1. The van der Waals surface area contributed by atoms with Crippen LogP contribution in [0.15, 0.2) is 18.2 Å². The van der Waals surface area contributed by atoms with E-state index in [0.29, 0.717) is 11.5 Å². The second kappa shape index (κ2) is 4.11. The molecule has 0 aromatic heterocycles. The molecule has 13 heavy (non-hydrogen) atoms. The Bertz CT molecular complexity index is 331. The van der Waals surface area contributed by atoms with Crippen LogP contribution in [0.25, 0.3) is 0 Å². The molecule has 67 valence electrons. The topological polar surface area (TPSA) is 20.2 Å². The van der Waals surface area contributed by atoms with Crippen LogP contribution in [0.4, 0.5) is 0 Å². The fraction of sp³-hybridized carbons (Fsp3) is 0.250. The molecule has 0 atom stereocenters. The standard InChI is InChI=1S/C12H13O/c1-4-11-10(8-13)6-5-7-12(11)9(2)3/h1,5-9,13H,2-3H3. The number of rotatable bonds is 2. The summed E-state index contributed by atoms with van der Waals surface area (Å²) in [6.45, 7) is 5.22. The zero-order valence-corrected chi connectivity index (χ0v) is 7.91. The highest BCUT2D eigenvalue weighted by molar-refractivity contribution is 5.49. The number of hydrogen-bond acceptors (Lipinski definition) is 1. The van der Waals surface area contributed by atoms with E-state index < -0.39 is 0 Å². The monoisotopic (exact) mass is 173 g/mol. The summed E-state index contributed by atoms with van der Waals surface area (Å²) < 4.78 is 0. The van der Waals surface area contributed by atoms with E-state index in [-0.39, 0.29) is 0 Å². The van der Waals surface area contributed by atoms with E-state index in [1.807, 2.05) is 12.1 Å². The fourth-order valence-electron chi connectivity index (χ4n) is 1.34. The third kappa shape index (κ3) is 1.91. The normalized spacial score (nSPS) is 10.1. The minimum Gasteiger partial charge on any atom is -0.385 e. The van der Waals surface area contributed by atoms with Crippen molar-refractivity contribution in [2.75, 3.05) is 0 Å². The molecule has 0 aliphatic rings. The molecule has 0 aliphatic carbocycles. The first-order chi connectivity index (χ1) is 6.20. The molecule has 0 bridgehead atoms. The Labute approximate surface area is 79.4 Å². The van der Waals surface area contributed by atoms with Crippen molar-refractivity contribution in [3.8, 4) is 12.3 Å². The molecule has 0 heterocycles. The molecule has 0 saturated carbocycles. The molecule has 1 aromatic rings. The van der Waals surface area contributed by atoms with Crippen molar-refractivity contribution < 1.29 is 5.11 Å². The molecule has 1 aromatic carbocycles. The van der Waals surface area contributed by atoms with Gasteiger partial charge in [0, 0.05) is 5.56 Å². The van der Waals surface area contributed by atoms with Gasteiger partial charge in [-0.15, -0.1) is 6.42 Å². The predicted molar refractivity (Wildman–Crippen MR) is 53.8 cm³/mol. The van der Waals surface area contributed by atoms with Crippen LogP contribution in [0.5, 0.6) is 0 Å². The smallest absolute Gasteiger partial charge is 0.110 e. The van der Waals surface area contributed by atoms with Gasteiger partial charge in [0.1, 0.15) is 6.61 Å². The van der Waals surface area contributed by atoms with Gasteiger partial charge >= 0.3 is 0 Å². The molecule has 0 spiro atoms. The lowest BCUT2D eigenvalue weighted by atomic mass is 9.94. The van der Waals surface area contributed by atoms with Gasteiger partial charge in [0.25, 0.3) is 0 Å². The summed E-state index contributed by atoms with van der Waals surface area (Å²) in [7, 11) is 0.